The van der Waals surface area contributed by atoms with Gasteiger partial charge in [0, 0.05) is 16.3 Å². The van der Waals surface area contributed by atoms with Crippen LogP contribution in [0.3, 0.4) is 0 Å². The average molecular weight is 303 g/mol. The van der Waals surface area contributed by atoms with Crippen molar-refractivity contribution in [2.75, 3.05) is 6.54 Å². The molecule has 1 heterocycles. The number of nitrogens with one attached hydrogen (secondary N) is 1. The maximum absolute atomic E-state index is 5.84. The van der Waals surface area contributed by atoms with E-state index in [1.165, 1.54) is 15.3 Å². The Balaban J connectivity index is 1.79. The summed E-state index contributed by atoms with van der Waals surface area (Å²) in [6.45, 7) is 9.26. The zero-order chi connectivity index (χ0) is 15.1. The summed E-state index contributed by atoms with van der Waals surface area (Å²) in [5.41, 5.74) is 1.30. The molecule has 0 aliphatic rings. The van der Waals surface area contributed by atoms with E-state index >= 15 is 0 Å². The molecule has 0 fully saturated rings. The molecule has 2 aromatic rings. The van der Waals surface area contributed by atoms with Crippen LogP contribution in [0.5, 0.6) is 5.75 Å². The molecule has 0 saturated carbocycles. The Labute approximate surface area is 132 Å². The molecule has 114 valence electrons. The highest BCUT2D eigenvalue weighted by Crippen LogP contribution is 2.20. The largest absolute Gasteiger partial charge is 0.488 e. The molecule has 0 radical (unpaired) electrons. The Kier molecular flexibility index (Phi) is 6.27. The van der Waals surface area contributed by atoms with Gasteiger partial charge in [0.2, 0.25) is 0 Å². The van der Waals surface area contributed by atoms with E-state index < -0.39 is 0 Å². The van der Waals surface area contributed by atoms with Crippen LogP contribution in [0.25, 0.3) is 0 Å². The minimum absolute atomic E-state index is 0.662. The third kappa shape index (κ3) is 5.52. The molecule has 0 unspecified atom stereocenters. The van der Waals surface area contributed by atoms with Gasteiger partial charge in [0.05, 0.1) is 0 Å². The molecular weight excluding hydrogens is 278 g/mol. The van der Waals surface area contributed by atoms with Crippen molar-refractivity contribution in [1.82, 2.24) is 5.32 Å². The van der Waals surface area contributed by atoms with Gasteiger partial charge in [0.1, 0.15) is 12.4 Å². The van der Waals surface area contributed by atoms with E-state index in [-0.39, 0.29) is 0 Å². The quantitative estimate of drug-likeness (QED) is 0.767. The van der Waals surface area contributed by atoms with Gasteiger partial charge in [0.25, 0.3) is 0 Å². The minimum Gasteiger partial charge on any atom is -0.488 e. The summed E-state index contributed by atoms with van der Waals surface area (Å²) < 4.78 is 5.84. The number of benzene rings is 1. The molecule has 1 aromatic carbocycles. The van der Waals surface area contributed by atoms with Gasteiger partial charge in [-0.15, -0.1) is 11.3 Å². The summed E-state index contributed by atoms with van der Waals surface area (Å²) in [4.78, 5) is 2.70. The summed E-state index contributed by atoms with van der Waals surface area (Å²) in [6.07, 6.45) is 1.10. The smallest absolute Gasteiger partial charge is 0.122 e. The van der Waals surface area contributed by atoms with Crippen molar-refractivity contribution in [3.05, 3.63) is 51.7 Å². The first-order valence-corrected chi connectivity index (χ1v) is 8.49. The fourth-order valence-corrected chi connectivity index (χ4v) is 2.92. The molecule has 0 bridgehead atoms. The van der Waals surface area contributed by atoms with E-state index in [2.05, 4.69) is 62.5 Å². The Bertz CT molecular complexity index is 530. The second-order valence-corrected chi connectivity index (χ2v) is 6.93. The van der Waals surface area contributed by atoms with Gasteiger partial charge >= 0.3 is 0 Å². The first-order chi connectivity index (χ1) is 10.2. The fraction of sp³-hybridized carbons (Fsp3) is 0.444. The molecular formula is C18H25NOS. The third-order valence-electron chi connectivity index (χ3n) is 3.25. The number of rotatable bonds is 8. The highest BCUT2D eigenvalue weighted by molar-refractivity contribution is 7.11. The van der Waals surface area contributed by atoms with Gasteiger partial charge in [-0.05, 0) is 48.7 Å². The van der Waals surface area contributed by atoms with Crippen LogP contribution in [-0.2, 0) is 19.6 Å². The Morgan fingerprint density at radius 1 is 1.05 bits per heavy atom. The SMILES string of the molecule is CCc1ccc(COc2ccc(CNCC(C)C)cc2)s1. The Morgan fingerprint density at radius 2 is 1.76 bits per heavy atom. The number of hydrogen-bond donors (Lipinski definition) is 1. The number of ether oxygens (including phenoxy) is 1. The van der Waals surface area contributed by atoms with Crippen LogP contribution in [0.2, 0.25) is 0 Å². The number of hydrogen-bond acceptors (Lipinski definition) is 3. The molecule has 1 aromatic heterocycles. The lowest BCUT2D eigenvalue weighted by Crippen LogP contribution is -2.18. The van der Waals surface area contributed by atoms with Crippen molar-refractivity contribution in [2.24, 2.45) is 5.92 Å². The summed E-state index contributed by atoms with van der Waals surface area (Å²) >= 11 is 1.83. The highest BCUT2D eigenvalue weighted by Gasteiger charge is 2.01. The van der Waals surface area contributed by atoms with Crippen molar-refractivity contribution in [2.45, 2.75) is 40.3 Å². The van der Waals surface area contributed by atoms with Crippen LogP contribution in [0, 0.1) is 5.92 Å². The van der Waals surface area contributed by atoms with Gasteiger partial charge in [-0.25, -0.2) is 0 Å². The zero-order valence-electron chi connectivity index (χ0n) is 13.2. The fourth-order valence-electron chi connectivity index (χ4n) is 2.05. The van der Waals surface area contributed by atoms with Crippen molar-refractivity contribution < 1.29 is 4.74 Å². The van der Waals surface area contributed by atoms with Crippen molar-refractivity contribution in [3.63, 3.8) is 0 Å². The van der Waals surface area contributed by atoms with E-state index in [0.29, 0.717) is 12.5 Å². The zero-order valence-corrected chi connectivity index (χ0v) is 14.0. The predicted molar refractivity (Wildman–Crippen MR) is 91.0 cm³/mol. The summed E-state index contributed by atoms with van der Waals surface area (Å²) in [5, 5.41) is 3.45. The Morgan fingerprint density at radius 3 is 2.38 bits per heavy atom. The van der Waals surface area contributed by atoms with E-state index in [1.807, 2.05) is 11.3 Å². The lowest BCUT2D eigenvalue weighted by atomic mass is 10.2. The minimum atomic E-state index is 0.662. The van der Waals surface area contributed by atoms with E-state index in [4.69, 9.17) is 4.74 Å². The molecule has 0 atom stereocenters. The van der Waals surface area contributed by atoms with Gasteiger partial charge in [-0.3, -0.25) is 0 Å². The van der Waals surface area contributed by atoms with E-state index in [1.54, 1.807) is 0 Å². The normalized spacial score (nSPS) is 11.0. The van der Waals surface area contributed by atoms with Crippen molar-refractivity contribution in [3.8, 4) is 5.75 Å². The lowest BCUT2D eigenvalue weighted by Gasteiger charge is -2.09. The maximum atomic E-state index is 5.84. The monoisotopic (exact) mass is 303 g/mol. The second-order valence-electron chi connectivity index (χ2n) is 5.68. The van der Waals surface area contributed by atoms with Crippen LogP contribution in [0.4, 0.5) is 0 Å². The number of aryl methyl sites for hydroxylation is 1. The second kappa shape index (κ2) is 8.20. The third-order valence-corrected chi connectivity index (χ3v) is 4.45. The van der Waals surface area contributed by atoms with Crippen molar-refractivity contribution in [1.29, 1.82) is 0 Å². The van der Waals surface area contributed by atoms with E-state index in [9.17, 15) is 0 Å². The molecule has 2 rings (SSSR count). The van der Waals surface area contributed by atoms with Crippen LogP contribution in [-0.4, -0.2) is 6.54 Å². The molecule has 21 heavy (non-hydrogen) atoms. The molecule has 2 nitrogen and oxygen atoms in total. The van der Waals surface area contributed by atoms with Crippen molar-refractivity contribution >= 4 is 11.3 Å². The molecule has 0 saturated heterocycles. The van der Waals surface area contributed by atoms with Crippen LogP contribution in [0.15, 0.2) is 36.4 Å². The molecule has 3 heteroatoms. The Hall–Kier alpha value is -1.32. The van der Waals surface area contributed by atoms with Crippen LogP contribution < -0.4 is 10.1 Å². The first kappa shape index (κ1) is 16.1. The summed E-state index contributed by atoms with van der Waals surface area (Å²) in [7, 11) is 0. The lowest BCUT2D eigenvalue weighted by molar-refractivity contribution is 0.309. The predicted octanol–water partition coefficient (Wildman–Crippen LogP) is 4.64. The topological polar surface area (TPSA) is 21.3 Å². The molecule has 0 aliphatic heterocycles. The van der Waals surface area contributed by atoms with Crippen LogP contribution in [0.1, 0.15) is 36.1 Å². The number of thiophene rings is 1. The summed E-state index contributed by atoms with van der Waals surface area (Å²) in [6, 6.07) is 12.7. The highest BCUT2D eigenvalue weighted by atomic mass is 32.1. The van der Waals surface area contributed by atoms with E-state index in [0.717, 1.165) is 25.3 Å². The van der Waals surface area contributed by atoms with Gasteiger partial charge in [-0.1, -0.05) is 32.9 Å². The molecule has 0 amide bonds. The van der Waals surface area contributed by atoms with Gasteiger partial charge in [0.15, 0.2) is 0 Å². The molecule has 1 N–H and O–H groups in total. The standard InChI is InChI=1S/C18H25NOS/c1-4-17-9-10-18(21-17)13-20-16-7-5-15(6-8-16)12-19-11-14(2)3/h5-10,14,19H,4,11-13H2,1-3H3. The first-order valence-electron chi connectivity index (χ1n) is 7.67. The maximum Gasteiger partial charge on any atom is 0.122 e. The average Bonchev–Trinajstić information content (AvgIpc) is 2.94. The van der Waals surface area contributed by atoms with Gasteiger partial charge in [-0.2, -0.15) is 0 Å². The molecule has 0 aliphatic carbocycles. The summed E-state index contributed by atoms with van der Waals surface area (Å²) in [5.74, 6) is 1.63. The van der Waals surface area contributed by atoms with Crippen LogP contribution >= 0.6 is 11.3 Å². The van der Waals surface area contributed by atoms with Gasteiger partial charge < -0.3 is 10.1 Å². The molecule has 0 spiro atoms.